The molecule has 0 saturated heterocycles. The third-order valence-corrected chi connectivity index (χ3v) is 13.1. The topological polar surface area (TPSA) is 3.24 Å². The van der Waals surface area contributed by atoms with Gasteiger partial charge in [0.25, 0.3) is 0 Å². The van der Waals surface area contributed by atoms with E-state index < -0.39 is 0 Å². The van der Waals surface area contributed by atoms with Gasteiger partial charge < -0.3 is 4.81 Å². The second kappa shape index (κ2) is 11.7. The fourth-order valence-corrected chi connectivity index (χ4v) is 10.9. The average molecular weight is 717 g/mol. The van der Waals surface area contributed by atoms with Crippen molar-refractivity contribution in [1.82, 2.24) is 0 Å². The van der Waals surface area contributed by atoms with Crippen LogP contribution in [-0.4, -0.2) is 13.6 Å². The van der Waals surface area contributed by atoms with E-state index in [4.69, 9.17) is 0 Å². The summed E-state index contributed by atoms with van der Waals surface area (Å²) < 4.78 is 0. The standard InChI is InChI=1S/C54H33B2N/c1-2-16-34(17-3-1)36-32-35-18-4-5-19-37(35)46(33-36)51-40-22-6-8-24-42(40)52(43-25-9-7-23-41(43)51)55-49-30-14-26-44-38-20-10-12-28-47(38)56-48-29-13-11-21-39(48)45-27-15-31-50(55)54(45)57(56)53(44)49/h1-33H. The lowest BCUT2D eigenvalue weighted by atomic mass is 9.31. The summed E-state index contributed by atoms with van der Waals surface area (Å²) in [6.45, 7) is 0.111. The molecule has 3 heterocycles. The fraction of sp³-hybridized carbons (Fsp3) is 0. The molecule has 1 nitrogen and oxygen atoms in total. The zero-order valence-corrected chi connectivity index (χ0v) is 31.2. The Bertz CT molecular complexity index is 3180. The molecule has 0 N–H and O–H groups in total. The first-order valence-corrected chi connectivity index (χ1v) is 20.1. The van der Waals surface area contributed by atoms with Gasteiger partial charge in [0.2, 0.25) is 6.71 Å². The molecule has 13 rings (SSSR count). The number of anilines is 2. The monoisotopic (exact) mass is 717 g/mol. The maximum atomic E-state index is 2.70. The highest BCUT2D eigenvalue weighted by molar-refractivity contribution is 7.03. The summed E-state index contributed by atoms with van der Waals surface area (Å²) in [4.78, 5) is 2.70. The Morgan fingerprint density at radius 2 is 0.789 bits per heavy atom. The van der Waals surface area contributed by atoms with Crippen molar-refractivity contribution in [2.24, 2.45) is 0 Å². The van der Waals surface area contributed by atoms with Crippen LogP contribution in [0, 0.1) is 0 Å². The van der Waals surface area contributed by atoms with Crippen LogP contribution in [0.15, 0.2) is 200 Å². The number of nitrogens with zero attached hydrogens (tertiary/aromatic N) is 1. The molecule has 0 saturated carbocycles. The summed E-state index contributed by atoms with van der Waals surface area (Å²) in [5.74, 6) is 0. The molecule has 0 spiro atoms. The van der Waals surface area contributed by atoms with Crippen molar-refractivity contribution in [2.45, 2.75) is 0 Å². The van der Waals surface area contributed by atoms with Gasteiger partial charge in [0.15, 0.2) is 0 Å². The van der Waals surface area contributed by atoms with E-state index in [2.05, 4.69) is 205 Å². The van der Waals surface area contributed by atoms with Crippen molar-refractivity contribution in [1.29, 1.82) is 0 Å². The Hall–Kier alpha value is -7.09. The van der Waals surface area contributed by atoms with E-state index in [-0.39, 0.29) is 13.6 Å². The highest BCUT2D eigenvalue weighted by Crippen LogP contribution is 2.48. The average Bonchev–Trinajstić information content (AvgIpc) is 3.28. The summed E-state index contributed by atoms with van der Waals surface area (Å²) in [7, 11) is 0. The largest absolute Gasteiger partial charge is 0.377 e. The molecule has 0 amide bonds. The normalized spacial score (nSPS) is 13.2. The van der Waals surface area contributed by atoms with Crippen LogP contribution < -0.4 is 32.1 Å². The molecule has 10 aromatic rings. The van der Waals surface area contributed by atoms with Crippen LogP contribution in [-0.2, 0) is 0 Å². The molecule has 0 atom stereocenters. The lowest BCUT2D eigenvalue weighted by molar-refractivity contribution is 1.36. The maximum Gasteiger partial charge on any atom is 0.329 e. The summed E-state index contributed by atoms with van der Waals surface area (Å²) in [5, 5.41) is 7.70. The van der Waals surface area contributed by atoms with Crippen molar-refractivity contribution in [3.05, 3.63) is 200 Å². The van der Waals surface area contributed by atoms with Crippen molar-refractivity contribution in [2.75, 3.05) is 4.81 Å². The highest BCUT2D eigenvalue weighted by Gasteiger charge is 2.49. The molecule has 10 aromatic carbocycles. The van der Waals surface area contributed by atoms with Gasteiger partial charge in [0.1, 0.15) is 0 Å². The van der Waals surface area contributed by atoms with E-state index in [1.807, 2.05) is 0 Å². The number of hydrogen-bond donors (Lipinski definition) is 0. The van der Waals surface area contributed by atoms with Crippen LogP contribution in [0.2, 0.25) is 0 Å². The predicted octanol–water partition coefficient (Wildman–Crippen LogP) is 10.2. The molecule has 0 aromatic heterocycles. The molecule has 260 valence electrons. The lowest BCUT2D eigenvalue weighted by Gasteiger charge is -2.49. The molecule has 0 radical (unpaired) electrons. The smallest absolute Gasteiger partial charge is 0.329 e. The van der Waals surface area contributed by atoms with E-state index in [0.717, 1.165) is 0 Å². The third-order valence-electron chi connectivity index (χ3n) is 13.1. The molecule has 3 aliphatic rings. The number of rotatable bonds is 3. The van der Waals surface area contributed by atoms with Gasteiger partial charge in [-0.3, -0.25) is 0 Å². The number of fused-ring (bicyclic) bond motifs is 9. The van der Waals surface area contributed by atoms with Gasteiger partial charge in [0, 0.05) is 22.5 Å². The Morgan fingerprint density at radius 1 is 0.316 bits per heavy atom. The van der Waals surface area contributed by atoms with Crippen LogP contribution in [0.1, 0.15) is 0 Å². The van der Waals surface area contributed by atoms with E-state index in [9.17, 15) is 0 Å². The van der Waals surface area contributed by atoms with Gasteiger partial charge in [-0.1, -0.05) is 194 Å². The zero-order valence-electron chi connectivity index (χ0n) is 31.2. The third kappa shape index (κ3) is 4.21. The molecule has 3 aliphatic heterocycles. The van der Waals surface area contributed by atoms with Gasteiger partial charge >= 0.3 is 6.85 Å². The van der Waals surface area contributed by atoms with Crippen molar-refractivity contribution in [3.8, 4) is 44.5 Å². The molecular formula is C54H33B2N. The zero-order chi connectivity index (χ0) is 37.2. The molecule has 0 bridgehead atoms. The SMILES string of the molecule is c1ccc(-c2cc(-c3c4ccccc4c(B4c5cccc6c5N5B(c7ccccc7-6)c6ccccc6-c6cccc4c65)c4ccccc34)c3ccccc3c2)cc1. The van der Waals surface area contributed by atoms with Gasteiger partial charge in [-0.2, -0.15) is 0 Å². The number of benzene rings is 10. The van der Waals surface area contributed by atoms with Gasteiger partial charge in [0.05, 0.1) is 0 Å². The summed E-state index contributed by atoms with van der Waals surface area (Å²) >= 11 is 0. The molecule has 0 aliphatic carbocycles. The minimum absolute atomic E-state index is 0.0126. The highest BCUT2D eigenvalue weighted by atomic mass is 15.1. The first-order valence-electron chi connectivity index (χ1n) is 20.1. The van der Waals surface area contributed by atoms with Crippen LogP contribution in [0.4, 0.5) is 11.4 Å². The molecule has 0 fully saturated rings. The van der Waals surface area contributed by atoms with Crippen LogP contribution in [0.5, 0.6) is 0 Å². The van der Waals surface area contributed by atoms with Crippen LogP contribution in [0.25, 0.3) is 76.8 Å². The van der Waals surface area contributed by atoms with Crippen LogP contribution in [0.3, 0.4) is 0 Å². The summed E-state index contributed by atoms with van der Waals surface area (Å²) in [6.07, 6.45) is 0. The Balaban J connectivity index is 1.17. The maximum absolute atomic E-state index is 2.70. The Morgan fingerprint density at radius 3 is 1.40 bits per heavy atom. The minimum Gasteiger partial charge on any atom is -0.377 e. The number of para-hydroxylation sites is 2. The van der Waals surface area contributed by atoms with E-state index in [0.29, 0.717) is 0 Å². The van der Waals surface area contributed by atoms with E-state index in [1.165, 1.54) is 116 Å². The quantitative estimate of drug-likeness (QED) is 0.130. The lowest BCUT2D eigenvalue weighted by Crippen LogP contribution is -2.67. The minimum atomic E-state index is 0.0126. The van der Waals surface area contributed by atoms with E-state index >= 15 is 0 Å². The molecule has 3 heteroatoms. The van der Waals surface area contributed by atoms with Crippen molar-refractivity contribution in [3.63, 3.8) is 0 Å². The van der Waals surface area contributed by atoms with Crippen molar-refractivity contribution >= 4 is 84.6 Å². The van der Waals surface area contributed by atoms with Gasteiger partial charge in [-0.25, -0.2) is 0 Å². The summed E-state index contributed by atoms with van der Waals surface area (Å²) in [5.41, 5.74) is 19.9. The van der Waals surface area contributed by atoms with Gasteiger partial charge in [-0.05, 0) is 99.7 Å². The van der Waals surface area contributed by atoms with Crippen molar-refractivity contribution < 1.29 is 0 Å². The Labute approximate surface area is 332 Å². The number of hydrogen-bond acceptors (Lipinski definition) is 1. The second-order valence-corrected chi connectivity index (χ2v) is 15.9. The Kier molecular flexibility index (Phi) is 6.40. The van der Waals surface area contributed by atoms with Gasteiger partial charge in [-0.15, -0.1) is 0 Å². The molecule has 57 heavy (non-hydrogen) atoms. The first kappa shape index (κ1) is 31.2. The van der Waals surface area contributed by atoms with E-state index in [1.54, 1.807) is 0 Å². The second-order valence-electron chi connectivity index (χ2n) is 15.9. The molecular weight excluding hydrogens is 684 g/mol. The first-order chi connectivity index (χ1) is 28.3. The fourth-order valence-electron chi connectivity index (χ4n) is 10.9. The predicted molar refractivity (Wildman–Crippen MR) is 245 cm³/mol. The molecule has 0 unspecified atom stereocenters. The van der Waals surface area contributed by atoms with Crippen LogP contribution >= 0.6 is 0 Å². The summed E-state index contributed by atoms with van der Waals surface area (Å²) in [6, 6.07) is 75.3.